The fourth-order valence-electron chi connectivity index (χ4n) is 2.39. The third-order valence-electron chi connectivity index (χ3n) is 3.15. The molecule has 0 bridgehead atoms. The summed E-state index contributed by atoms with van der Waals surface area (Å²) in [6, 6.07) is 5.00. The molecular formula is C13H15Cl2NO4S. The first-order valence-corrected chi connectivity index (χ1v) is 9.31. The number of amides is 1. The summed E-state index contributed by atoms with van der Waals surface area (Å²) in [5, 5.41) is 0.508. The van der Waals surface area contributed by atoms with Gasteiger partial charge in [-0.2, -0.15) is 0 Å². The molecule has 1 fully saturated rings. The maximum Gasteiger partial charge on any atom is 0.232 e. The molecule has 5 nitrogen and oxygen atoms in total. The van der Waals surface area contributed by atoms with Gasteiger partial charge in [0.25, 0.3) is 0 Å². The monoisotopic (exact) mass is 351 g/mol. The van der Waals surface area contributed by atoms with Crippen molar-refractivity contribution >= 4 is 42.9 Å². The zero-order valence-corrected chi connectivity index (χ0v) is 13.7. The summed E-state index contributed by atoms with van der Waals surface area (Å²) in [5.41, 5.74) is 0.598. The van der Waals surface area contributed by atoms with Crippen molar-refractivity contribution in [3.63, 3.8) is 0 Å². The summed E-state index contributed by atoms with van der Waals surface area (Å²) in [7, 11) is 1.63. The van der Waals surface area contributed by atoms with Crippen molar-refractivity contribution < 1.29 is 17.9 Å². The Hall–Kier alpha value is -0.980. The van der Waals surface area contributed by atoms with Gasteiger partial charge in [-0.05, 0) is 19.1 Å². The number of carbonyl (C=O) groups is 1. The van der Waals surface area contributed by atoms with Crippen LogP contribution >= 0.6 is 22.3 Å². The minimum absolute atomic E-state index is 0.149. The molecular weight excluding hydrogens is 337 g/mol. The molecule has 116 valence electrons. The molecule has 1 aromatic rings. The fraction of sp³-hybridized carbons (Fsp3) is 0.462. The van der Waals surface area contributed by atoms with E-state index in [1.54, 1.807) is 18.2 Å². The third kappa shape index (κ3) is 4.25. The van der Waals surface area contributed by atoms with Crippen molar-refractivity contribution in [3.8, 4) is 5.75 Å². The fourth-order valence-corrected chi connectivity index (χ4v) is 3.87. The van der Waals surface area contributed by atoms with E-state index in [4.69, 9.17) is 27.0 Å². The second kappa shape index (κ2) is 6.42. The van der Waals surface area contributed by atoms with E-state index in [9.17, 15) is 13.2 Å². The SMILES string of the molecule is CCOc1cc(Cl)ccc1N1CC(CS(=O)(=O)Cl)CC1=O. The van der Waals surface area contributed by atoms with Crippen LogP contribution in [0.5, 0.6) is 5.75 Å². The Balaban J connectivity index is 2.24. The van der Waals surface area contributed by atoms with E-state index in [-0.39, 0.29) is 24.0 Å². The van der Waals surface area contributed by atoms with Crippen molar-refractivity contribution in [2.75, 3.05) is 23.8 Å². The largest absolute Gasteiger partial charge is 0.492 e. The summed E-state index contributed by atoms with van der Waals surface area (Å²) in [5.74, 6) is -0.171. The molecule has 0 saturated carbocycles. The molecule has 8 heteroatoms. The summed E-state index contributed by atoms with van der Waals surface area (Å²) < 4.78 is 27.8. The third-order valence-corrected chi connectivity index (χ3v) is 4.64. The summed E-state index contributed by atoms with van der Waals surface area (Å²) >= 11 is 5.93. The number of halogens is 2. The number of nitrogens with zero attached hydrogens (tertiary/aromatic N) is 1. The lowest BCUT2D eigenvalue weighted by Gasteiger charge is -2.20. The number of carbonyl (C=O) groups excluding carboxylic acids is 1. The van der Waals surface area contributed by atoms with E-state index in [1.165, 1.54) is 4.90 Å². The normalized spacial score (nSPS) is 19.1. The van der Waals surface area contributed by atoms with Gasteiger partial charge in [-0.1, -0.05) is 11.6 Å². The summed E-state index contributed by atoms with van der Waals surface area (Å²) in [6.45, 7) is 2.57. The molecule has 1 aromatic carbocycles. The molecule has 1 saturated heterocycles. The second-order valence-electron chi connectivity index (χ2n) is 4.83. The number of rotatable bonds is 5. The molecule has 21 heavy (non-hydrogen) atoms. The molecule has 1 unspecified atom stereocenters. The molecule has 1 aliphatic rings. The van der Waals surface area contributed by atoms with Crippen molar-refractivity contribution in [1.82, 2.24) is 0 Å². The molecule has 2 rings (SSSR count). The summed E-state index contributed by atoms with van der Waals surface area (Å²) in [6.07, 6.45) is 0.153. The number of hydrogen-bond donors (Lipinski definition) is 0. The molecule has 0 radical (unpaired) electrons. The Bertz CT molecular complexity index is 648. The molecule has 1 aliphatic heterocycles. The molecule has 1 heterocycles. The maximum atomic E-state index is 12.1. The van der Waals surface area contributed by atoms with Crippen LogP contribution in [0, 0.1) is 5.92 Å². The van der Waals surface area contributed by atoms with Crippen LogP contribution in [0.4, 0.5) is 5.69 Å². The molecule has 0 aliphatic carbocycles. The Kier molecular flexibility index (Phi) is 5.01. The second-order valence-corrected chi connectivity index (χ2v) is 8.08. The van der Waals surface area contributed by atoms with Crippen LogP contribution in [0.25, 0.3) is 0 Å². The van der Waals surface area contributed by atoms with Crippen LogP contribution in [0.2, 0.25) is 5.02 Å². The Morgan fingerprint density at radius 1 is 1.43 bits per heavy atom. The van der Waals surface area contributed by atoms with E-state index in [1.807, 2.05) is 6.92 Å². The van der Waals surface area contributed by atoms with Crippen molar-refractivity contribution in [3.05, 3.63) is 23.2 Å². The lowest BCUT2D eigenvalue weighted by molar-refractivity contribution is -0.117. The molecule has 0 aromatic heterocycles. The lowest BCUT2D eigenvalue weighted by atomic mass is 10.1. The van der Waals surface area contributed by atoms with Crippen molar-refractivity contribution in [2.24, 2.45) is 5.92 Å². The zero-order valence-electron chi connectivity index (χ0n) is 11.4. The van der Waals surface area contributed by atoms with Gasteiger partial charge in [0, 0.05) is 40.7 Å². The van der Waals surface area contributed by atoms with Gasteiger partial charge in [-0.25, -0.2) is 8.42 Å². The first kappa shape index (κ1) is 16.4. The number of ether oxygens (including phenoxy) is 1. The van der Waals surface area contributed by atoms with Gasteiger partial charge >= 0.3 is 0 Å². The van der Waals surface area contributed by atoms with E-state index in [2.05, 4.69) is 0 Å². The van der Waals surface area contributed by atoms with Crippen LogP contribution in [0.1, 0.15) is 13.3 Å². The quantitative estimate of drug-likeness (QED) is 0.765. The van der Waals surface area contributed by atoms with Gasteiger partial charge < -0.3 is 9.64 Å². The van der Waals surface area contributed by atoms with Gasteiger partial charge in [0.15, 0.2) is 0 Å². The highest BCUT2D eigenvalue weighted by Gasteiger charge is 2.34. The first-order chi connectivity index (χ1) is 9.80. The van der Waals surface area contributed by atoms with Crippen LogP contribution in [0.15, 0.2) is 18.2 Å². The minimum atomic E-state index is -3.62. The van der Waals surface area contributed by atoms with E-state index < -0.39 is 9.05 Å². The average molecular weight is 352 g/mol. The number of hydrogen-bond acceptors (Lipinski definition) is 4. The molecule has 0 spiro atoms. The highest BCUT2D eigenvalue weighted by molar-refractivity contribution is 8.13. The van der Waals surface area contributed by atoms with Gasteiger partial charge in [-0.3, -0.25) is 4.79 Å². The topological polar surface area (TPSA) is 63.7 Å². The van der Waals surface area contributed by atoms with Gasteiger partial charge in [0.1, 0.15) is 5.75 Å². The first-order valence-electron chi connectivity index (χ1n) is 6.45. The lowest BCUT2D eigenvalue weighted by Crippen LogP contribution is -2.26. The van der Waals surface area contributed by atoms with Crippen LogP contribution in [-0.2, 0) is 13.8 Å². The maximum absolute atomic E-state index is 12.1. The molecule has 1 amide bonds. The Morgan fingerprint density at radius 3 is 2.76 bits per heavy atom. The van der Waals surface area contributed by atoms with Crippen molar-refractivity contribution in [2.45, 2.75) is 13.3 Å². The van der Waals surface area contributed by atoms with Crippen LogP contribution in [-0.4, -0.2) is 33.2 Å². The van der Waals surface area contributed by atoms with E-state index in [0.717, 1.165) is 0 Å². The van der Waals surface area contributed by atoms with Crippen LogP contribution in [0.3, 0.4) is 0 Å². The summed E-state index contributed by atoms with van der Waals surface area (Å²) in [4.78, 5) is 13.6. The van der Waals surface area contributed by atoms with Gasteiger partial charge in [0.05, 0.1) is 18.0 Å². The Morgan fingerprint density at radius 2 is 2.14 bits per heavy atom. The predicted molar refractivity (Wildman–Crippen MR) is 82.7 cm³/mol. The highest BCUT2D eigenvalue weighted by Crippen LogP contribution is 2.35. The van der Waals surface area contributed by atoms with Crippen molar-refractivity contribution in [1.29, 1.82) is 0 Å². The number of benzene rings is 1. The van der Waals surface area contributed by atoms with Gasteiger partial charge in [-0.15, -0.1) is 0 Å². The highest BCUT2D eigenvalue weighted by atomic mass is 35.7. The standard InChI is InChI=1S/C13H15Cl2NO4S/c1-2-20-12-6-10(14)3-4-11(12)16-7-9(5-13(16)17)8-21(15,18)19/h3-4,6,9H,2,5,7-8H2,1H3. The average Bonchev–Trinajstić information content (AvgIpc) is 2.68. The number of anilines is 1. The van der Waals surface area contributed by atoms with Crippen LogP contribution < -0.4 is 9.64 Å². The van der Waals surface area contributed by atoms with Gasteiger partial charge in [0.2, 0.25) is 15.0 Å². The van der Waals surface area contributed by atoms with E-state index in [0.29, 0.717) is 29.6 Å². The molecule has 0 N–H and O–H groups in total. The van der Waals surface area contributed by atoms with E-state index >= 15 is 0 Å². The zero-order chi connectivity index (χ0) is 15.6. The predicted octanol–water partition coefficient (Wildman–Crippen LogP) is 2.66. The Labute approximate surface area is 133 Å². The molecule has 1 atom stereocenters. The minimum Gasteiger partial charge on any atom is -0.492 e. The smallest absolute Gasteiger partial charge is 0.232 e.